The summed E-state index contributed by atoms with van der Waals surface area (Å²) in [5, 5.41) is 8.80. The molecule has 0 saturated heterocycles. The molecule has 3 N–H and O–H groups in total. The van der Waals surface area contributed by atoms with Gasteiger partial charge in [-0.25, -0.2) is 9.97 Å². The highest BCUT2D eigenvalue weighted by atomic mass is 16.2. The Morgan fingerprint density at radius 1 is 0.867 bits per heavy atom. The van der Waals surface area contributed by atoms with Crippen LogP contribution < -0.4 is 16.0 Å². The van der Waals surface area contributed by atoms with Crippen molar-refractivity contribution in [2.24, 2.45) is 0 Å². The van der Waals surface area contributed by atoms with Gasteiger partial charge in [0, 0.05) is 36.1 Å². The molecule has 3 rings (SSSR count). The Balaban J connectivity index is 1.77. The van der Waals surface area contributed by atoms with Crippen molar-refractivity contribution >= 4 is 29.1 Å². The number of nitrogens with zero attached hydrogens (tertiary/aromatic N) is 2. The van der Waals surface area contributed by atoms with Gasteiger partial charge in [-0.3, -0.25) is 9.59 Å². The van der Waals surface area contributed by atoms with Crippen LogP contribution >= 0.6 is 0 Å². The Kier molecular flexibility index (Phi) is 6.75. The smallest absolute Gasteiger partial charge is 0.247 e. The minimum atomic E-state index is -0.566. The Morgan fingerprint density at radius 2 is 1.43 bits per heavy atom. The summed E-state index contributed by atoms with van der Waals surface area (Å²) in [6.45, 7) is 5.23. The minimum absolute atomic E-state index is 0.146. The van der Waals surface area contributed by atoms with Crippen molar-refractivity contribution in [3.05, 3.63) is 77.6 Å². The summed E-state index contributed by atoms with van der Waals surface area (Å²) in [6, 6.07) is 18.1. The molecule has 3 aromatic rings. The molecule has 30 heavy (non-hydrogen) atoms. The van der Waals surface area contributed by atoms with E-state index in [2.05, 4.69) is 25.9 Å². The average Bonchev–Trinajstić information content (AvgIpc) is 2.68. The molecule has 1 heterocycles. The number of amides is 2. The molecule has 2 aromatic carbocycles. The fourth-order valence-electron chi connectivity index (χ4n) is 3.07. The molecule has 0 saturated carbocycles. The molecule has 0 unspecified atom stereocenters. The Bertz CT molecular complexity index is 999. The number of aryl methyl sites for hydroxylation is 2. The van der Waals surface area contributed by atoms with Gasteiger partial charge in [0.25, 0.3) is 0 Å². The Morgan fingerprint density at radius 3 is 2.00 bits per heavy atom. The van der Waals surface area contributed by atoms with E-state index in [-0.39, 0.29) is 11.8 Å². The lowest BCUT2D eigenvalue weighted by Gasteiger charge is -2.19. The van der Waals surface area contributed by atoms with E-state index in [1.807, 2.05) is 50.2 Å². The van der Waals surface area contributed by atoms with Crippen molar-refractivity contribution in [2.75, 3.05) is 16.0 Å². The van der Waals surface area contributed by atoms with Gasteiger partial charge in [0.05, 0.1) is 0 Å². The molecule has 0 bridgehead atoms. The first-order chi connectivity index (χ1) is 14.4. The number of aromatic nitrogens is 2. The standard InChI is InChI=1S/C23H25N5O2/c1-15-13-16(2)25-23(24-15)28-21(14-18-7-5-4-6-8-18)22(30)27-20-11-9-19(10-12-20)26-17(3)29/h4-13,21H,14H2,1-3H3,(H,26,29)(H,27,30)(H,24,25,28)/t21-/m1/s1. The summed E-state index contributed by atoms with van der Waals surface area (Å²) in [6.07, 6.45) is 0.479. The van der Waals surface area contributed by atoms with Crippen molar-refractivity contribution in [3.63, 3.8) is 0 Å². The number of benzene rings is 2. The summed E-state index contributed by atoms with van der Waals surface area (Å²) in [5.74, 6) is 0.0748. The van der Waals surface area contributed by atoms with Gasteiger partial charge in [0.1, 0.15) is 6.04 Å². The van der Waals surface area contributed by atoms with Crippen molar-refractivity contribution in [1.82, 2.24) is 9.97 Å². The van der Waals surface area contributed by atoms with E-state index < -0.39 is 6.04 Å². The van der Waals surface area contributed by atoms with Gasteiger partial charge < -0.3 is 16.0 Å². The van der Waals surface area contributed by atoms with Crippen LogP contribution in [0.4, 0.5) is 17.3 Å². The fourth-order valence-corrected chi connectivity index (χ4v) is 3.07. The highest BCUT2D eigenvalue weighted by Gasteiger charge is 2.20. The van der Waals surface area contributed by atoms with Crippen molar-refractivity contribution in [3.8, 4) is 0 Å². The van der Waals surface area contributed by atoms with Gasteiger partial charge >= 0.3 is 0 Å². The van der Waals surface area contributed by atoms with Crippen LogP contribution in [0.15, 0.2) is 60.7 Å². The van der Waals surface area contributed by atoms with Crippen LogP contribution in [0.2, 0.25) is 0 Å². The molecule has 7 nitrogen and oxygen atoms in total. The predicted octanol–water partition coefficient (Wildman–Crippen LogP) is 3.71. The van der Waals surface area contributed by atoms with Crippen LogP contribution in [0.3, 0.4) is 0 Å². The molecule has 0 spiro atoms. The maximum Gasteiger partial charge on any atom is 0.247 e. The third kappa shape index (κ3) is 6.13. The van der Waals surface area contributed by atoms with E-state index in [0.29, 0.717) is 23.7 Å². The molecule has 0 aliphatic rings. The van der Waals surface area contributed by atoms with Gasteiger partial charge in [-0.2, -0.15) is 0 Å². The number of anilines is 3. The zero-order chi connectivity index (χ0) is 21.5. The van der Waals surface area contributed by atoms with Crippen LogP contribution in [0, 0.1) is 13.8 Å². The molecule has 154 valence electrons. The maximum absolute atomic E-state index is 13.1. The predicted molar refractivity (Wildman–Crippen MR) is 118 cm³/mol. The summed E-state index contributed by atoms with van der Waals surface area (Å²) < 4.78 is 0. The van der Waals surface area contributed by atoms with E-state index >= 15 is 0 Å². The number of carbonyl (C=O) groups excluding carboxylic acids is 2. The molecule has 1 aromatic heterocycles. The molecular formula is C23H25N5O2. The second kappa shape index (κ2) is 9.65. The zero-order valence-electron chi connectivity index (χ0n) is 17.3. The Labute approximate surface area is 176 Å². The number of carbonyl (C=O) groups is 2. The third-order valence-corrected chi connectivity index (χ3v) is 4.36. The summed E-state index contributed by atoms with van der Waals surface area (Å²) in [5.41, 5.74) is 3.99. The summed E-state index contributed by atoms with van der Waals surface area (Å²) in [4.78, 5) is 33.0. The lowest BCUT2D eigenvalue weighted by atomic mass is 10.1. The molecule has 7 heteroatoms. The van der Waals surface area contributed by atoms with E-state index in [9.17, 15) is 9.59 Å². The number of hydrogen-bond donors (Lipinski definition) is 3. The SMILES string of the molecule is CC(=O)Nc1ccc(NC(=O)[C@@H](Cc2ccccc2)Nc2nc(C)cc(C)n2)cc1. The first-order valence-corrected chi connectivity index (χ1v) is 9.70. The Hall–Kier alpha value is -3.74. The van der Waals surface area contributed by atoms with Gasteiger partial charge in [0.15, 0.2) is 0 Å². The highest BCUT2D eigenvalue weighted by Crippen LogP contribution is 2.16. The minimum Gasteiger partial charge on any atom is -0.342 e. The fraction of sp³-hybridized carbons (Fsp3) is 0.217. The van der Waals surface area contributed by atoms with Crippen LogP contribution in [-0.4, -0.2) is 27.8 Å². The molecule has 0 aliphatic heterocycles. The van der Waals surface area contributed by atoms with Gasteiger partial charge in [0.2, 0.25) is 17.8 Å². The average molecular weight is 403 g/mol. The monoisotopic (exact) mass is 403 g/mol. The lowest BCUT2D eigenvalue weighted by molar-refractivity contribution is -0.117. The van der Waals surface area contributed by atoms with E-state index in [1.54, 1.807) is 24.3 Å². The third-order valence-electron chi connectivity index (χ3n) is 4.36. The lowest BCUT2D eigenvalue weighted by Crippen LogP contribution is -2.37. The largest absolute Gasteiger partial charge is 0.342 e. The number of nitrogens with one attached hydrogen (secondary N) is 3. The topological polar surface area (TPSA) is 96.0 Å². The normalized spacial score (nSPS) is 11.4. The van der Waals surface area contributed by atoms with Crippen molar-refractivity contribution < 1.29 is 9.59 Å². The summed E-state index contributed by atoms with van der Waals surface area (Å²) in [7, 11) is 0. The van der Waals surface area contributed by atoms with Gasteiger partial charge in [-0.15, -0.1) is 0 Å². The molecule has 1 atom stereocenters. The van der Waals surface area contributed by atoms with E-state index in [1.165, 1.54) is 6.92 Å². The molecule has 0 fully saturated rings. The second-order valence-electron chi connectivity index (χ2n) is 7.11. The van der Waals surface area contributed by atoms with Crippen LogP contribution in [0.1, 0.15) is 23.9 Å². The number of hydrogen-bond acceptors (Lipinski definition) is 5. The highest BCUT2D eigenvalue weighted by molar-refractivity contribution is 5.97. The molecule has 2 amide bonds. The second-order valence-corrected chi connectivity index (χ2v) is 7.11. The first kappa shape index (κ1) is 21.0. The van der Waals surface area contributed by atoms with Crippen LogP contribution in [-0.2, 0) is 16.0 Å². The van der Waals surface area contributed by atoms with Crippen molar-refractivity contribution in [1.29, 1.82) is 0 Å². The maximum atomic E-state index is 13.1. The molecule has 0 aliphatic carbocycles. The molecule has 0 radical (unpaired) electrons. The van der Waals surface area contributed by atoms with Crippen LogP contribution in [0.25, 0.3) is 0 Å². The van der Waals surface area contributed by atoms with Crippen LogP contribution in [0.5, 0.6) is 0 Å². The zero-order valence-corrected chi connectivity index (χ0v) is 17.3. The molecular weight excluding hydrogens is 378 g/mol. The quantitative estimate of drug-likeness (QED) is 0.559. The number of rotatable bonds is 7. The van der Waals surface area contributed by atoms with E-state index in [4.69, 9.17) is 0 Å². The van der Waals surface area contributed by atoms with Crippen molar-refractivity contribution in [2.45, 2.75) is 33.2 Å². The first-order valence-electron chi connectivity index (χ1n) is 9.70. The van der Waals surface area contributed by atoms with Gasteiger partial charge in [-0.05, 0) is 49.7 Å². The van der Waals surface area contributed by atoms with E-state index in [0.717, 1.165) is 17.0 Å². The summed E-state index contributed by atoms with van der Waals surface area (Å²) >= 11 is 0. The van der Waals surface area contributed by atoms with Gasteiger partial charge in [-0.1, -0.05) is 30.3 Å².